The molecule has 6 nitrogen and oxygen atoms in total. The molecule has 0 bridgehead atoms. The fourth-order valence-corrected chi connectivity index (χ4v) is 2.62. The summed E-state index contributed by atoms with van der Waals surface area (Å²) in [7, 11) is 1.44. The Balaban J connectivity index is 2.41. The Kier molecular flexibility index (Phi) is 5.23. The zero-order valence-electron chi connectivity index (χ0n) is 13.0. The lowest BCUT2D eigenvalue weighted by Gasteiger charge is -2.10. The highest BCUT2D eigenvalue weighted by atomic mass is 32.2. The van der Waals surface area contributed by atoms with Crippen molar-refractivity contribution in [2.24, 2.45) is 0 Å². The second-order valence-corrected chi connectivity index (χ2v) is 5.65. The van der Waals surface area contributed by atoms with Crippen molar-refractivity contribution in [2.75, 3.05) is 18.7 Å². The smallest absolute Gasteiger partial charge is 0.285 e. The lowest BCUT2D eigenvalue weighted by molar-refractivity contribution is -0.385. The van der Waals surface area contributed by atoms with Gasteiger partial charge in [-0.2, -0.15) is 0 Å². The number of carbonyl (C=O) groups is 1. The molecule has 0 aromatic heterocycles. The summed E-state index contributed by atoms with van der Waals surface area (Å²) >= 11 is 1.35. The van der Waals surface area contributed by atoms with Gasteiger partial charge >= 0.3 is 0 Å². The molecule has 0 aliphatic carbocycles. The summed E-state index contributed by atoms with van der Waals surface area (Å²) < 4.78 is 5.14. The highest BCUT2D eigenvalue weighted by Gasteiger charge is 2.24. The highest BCUT2D eigenvalue weighted by molar-refractivity contribution is 7.98. The number of anilines is 1. The first-order valence-corrected chi connectivity index (χ1v) is 7.97. The molecule has 2 rings (SSSR count). The number of hydrogen-bond donors (Lipinski definition) is 1. The molecule has 0 unspecified atom stereocenters. The molecule has 7 heteroatoms. The zero-order valence-corrected chi connectivity index (χ0v) is 13.8. The molecule has 0 saturated heterocycles. The maximum Gasteiger partial charge on any atom is 0.285 e. The van der Waals surface area contributed by atoms with Gasteiger partial charge in [-0.3, -0.25) is 14.9 Å². The fourth-order valence-electron chi connectivity index (χ4n) is 2.04. The summed E-state index contributed by atoms with van der Waals surface area (Å²) in [5.41, 5.74) is 1.35. The molecule has 0 spiro atoms. The first-order valence-electron chi connectivity index (χ1n) is 6.74. The Morgan fingerprint density at radius 1 is 1.26 bits per heavy atom. The monoisotopic (exact) mass is 332 g/mol. The summed E-state index contributed by atoms with van der Waals surface area (Å²) in [6.45, 7) is 1.94. The van der Waals surface area contributed by atoms with E-state index in [1.54, 1.807) is 12.1 Å². The first kappa shape index (κ1) is 16.8. The minimum atomic E-state index is -0.587. The van der Waals surface area contributed by atoms with E-state index in [4.69, 9.17) is 4.74 Å². The molecular weight excluding hydrogens is 316 g/mol. The molecule has 2 aromatic rings. The van der Waals surface area contributed by atoms with Gasteiger partial charge in [-0.05, 0) is 31.4 Å². The van der Waals surface area contributed by atoms with Crippen molar-refractivity contribution in [1.29, 1.82) is 0 Å². The Morgan fingerprint density at radius 2 is 1.91 bits per heavy atom. The van der Waals surface area contributed by atoms with Gasteiger partial charge in [0.05, 0.1) is 23.0 Å². The standard InChI is InChI=1S/C16H16N2O4S/c1-10-4-6-11(7-5-10)17-16(19)12-8-15(23-3)14(22-2)9-13(12)18(20)21/h4-9H,1-3H3,(H,17,19). The number of nitrogens with one attached hydrogen (secondary N) is 1. The van der Waals surface area contributed by atoms with Crippen LogP contribution < -0.4 is 10.1 Å². The number of ether oxygens (including phenoxy) is 1. The van der Waals surface area contributed by atoms with Crippen LogP contribution in [0.3, 0.4) is 0 Å². The maximum atomic E-state index is 12.4. The Morgan fingerprint density at radius 3 is 2.43 bits per heavy atom. The number of hydrogen-bond acceptors (Lipinski definition) is 5. The summed E-state index contributed by atoms with van der Waals surface area (Å²) in [6, 6.07) is 9.95. The van der Waals surface area contributed by atoms with Crippen LogP contribution in [0.5, 0.6) is 5.75 Å². The number of rotatable bonds is 5. The second-order valence-electron chi connectivity index (χ2n) is 4.80. The molecule has 2 aromatic carbocycles. The Hall–Kier alpha value is -2.54. The van der Waals surface area contributed by atoms with Gasteiger partial charge in [0, 0.05) is 5.69 Å². The van der Waals surface area contributed by atoms with Crippen LogP contribution in [0, 0.1) is 17.0 Å². The molecule has 0 aliphatic rings. The third kappa shape index (κ3) is 3.81. The third-order valence-electron chi connectivity index (χ3n) is 3.25. The lowest BCUT2D eigenvalue weighted by Crippen LogP contribution is -2.14. The van der Waals surface area contributed by atoms with E-state index in [-0.39, 0.29) is 11.3 Å². The number of carbonyl (C=O) groups excluding carboxylic acids is 1. The average molecular weight is 332 g/mol. The summed E-state index contributed by atoms with van der Waals surface area (Å²) in [5, 5.41) is 13.9. The molecule has 23 heavy (non-hydrogen) atoms. The lowest BCUT2D eigenvalue weighted by atomic mass is 10.1. The Bertz CT molecular complexity index is 744. The molecule has 1 N–H and O–H groups in total. The normalized spacial score (nSPS) is 10.2. The minimum Gasteiger partial charge on any atom is -0.495 e. The number of nitrogens with zero attached hydrogens (tertiary/aromatic N) is 1. The molecule has 1 amide bonds. The van der Waals surface area contributed by atoms with Gasteiger partial charge in [0.1, 0.15) is 11.3 Å². The molecule has 0 aliphatic heterocycles. The van der Waals surface area contributed by atoms with E-state index < -0.39 is 10.8 Å². The van der Waals surface area contributed by atoms with E-state index in [0.717, 1.165) is 5.56 Å². The fraction of sp³-hybridized carbons (Fsp3) is 0.188. The van der Waals surface area contributed by atoms with Gasteiger partial charge in [0.25, 0.3) is 11.6 Å². The van der Waals surface area contributed by atoms with E-state index in [1.807, 2.05) is 25.3 Å². The number of aryl methyl sites for hydroxylation is 1. The average Bonchev–Trinajstić information content (AvgIpc) is 2.55. The van der Waals surface area contributed by atoms with Gasteiger partial charge < -0.3 is 10.1 Å². The van der Waals surface area contributed by atoms with Crippen molar-refractivity contribution in [3.05, 3.63) is 57.6 Å². The van der Waals surface area contributed by atoms with E-state index in [0.29, 0.717) is 16.3 Å². The van der Waals surface area contributed by atoms with Crippen LogP contribution in [-0.2, 0) is 0 Å². The van der Waals surface area contributed by atoms with Gasteiger partial charge in [0.2, 0.25) is 0 Å². The summed E-state index contributed by atoms with van der Waals surface area (Å²) in [5.74, 6) is -0.158. The largest absolute Gasteiger partial charge is 0.495 e. The van der Waals surface area contributed by atoms with Crippen molar-refractivity contribution in [3.8, 4) is 5.75 Å². The number of benzene rings is 2. The number of thioether (sulfide) groups is 1. The number of methoxy groups -OCH3 is 1. The van der Waals surface area contributed by atoms with Crippen LogP contribution in [0.4, 0.5) is 11.4 Å². The molecule has 0 saturated carbocycles. The minimum absolute atomic E-state index is 0.000671. The molecule has 0 atom stereocenters. The Labute approximate surface area is 138 Å². The molecular formula is C16H16N2O4S. The number of nitro groups is 1. The van der Waals surface area contributed by atoms with E-state index in [2.05, 4.69) is 5.32 Å². The van der Waals surface area contributed by atoms with Crippen molar-refractivity contribution in [1.82, 2.24) is 0 Å². The molecule has 120 valence electrons. The predicted molar refractivity (Wildman–Crippen MR) is 90.6 cm³/mol. The summed E-state index contributed by atoms with van der Waals surface area (Å²) in [6.07, 6.45) is 1.81. The van der Waals surface area contributed by atoms with Crippen LogP contribution in [0.15, 0.2) is 41.3 Å². The van der Waals surface area contributed by atoms with Crippen LogP contribution >= 0.6 is 11.8 Å². The second kappa shape index (κ2) is 7.15. The van der Waals surface area contributed by atoms with Gasteiger partial charge in [-0.15, -0.1) is 11.8 Å². The van der Waals surface area contributed by atoms with Gasteiger partial charge in [0.15, 0.2) is 0 Å². The van der Waals surface area contributed by atoms with E-state index >= 15 is 0 Å². The third-order valence-corrected chi connectivity index (χ3v) is 4.01. The van der Waals surface area contributed by atoms with Crippen molar-refractivity contribution >= 4 is 29.0 Å². The summed E-state index contributed by atoms with van der Waals surface area (Å²) in [4.78, 5) is 23.8. The zero-order chi connectivity index (χ0) is 17.0. The quantitative estimate of drug-likeness (QED) is 0.510. The highest BCUT2D eigenvalue weighted by Crippen LogP contribution is 2.34. The SMILES string of the molecule is COc1cc([N+](=O)[O-])c(C(=O)Nc2ccc(C)cc2)cc1SC. The van der Waals surface area contributed by atoms with Gasteiger partial charge in [-0.25, -0.2) is 0 Å². The van der Waals surface area contributed by atoms with E-state index in [1.165, 1.54) is 31.0 Å². The molecule has 0 heterocycles. The van der Waals surface area contributed by atoms with Crippen LogP contribution in [0.25, 0.3) is 0 Å². The predicted octanol–water partition coefficient (Wildman–Crippen LogP) is 3.89. The number of amides is 1. The van der Waals surface area contributed by atoms with Gasteiger partial charge in [-0.1, -0.05) is 17.7 Å². The van der Waals surface area contributed by atoms with Crippen LogP contribution in [0.1, 0.15) is 15.9 Å². The first-order chi connectivity index (χ1) is 11.0. The topological polar surface area (TPSA) is 81.5 Å². The number of nitro benzene ring substituents is 1. The van der Waals surface area contributed by atoms with E-state index in [9.17, 15) is 14.9 Å². The molecule has 0 radical (unpaired) electrons. The maximum absolute atomic E-state index is 12.4. The van der Waals surface area contributed by atoms with Crippen LogP contribution in [-0.4, -0.2) is 24.2 Å². The molecule has 0 fully saturated rings. The van der Waals surface area contributed by atoms with Crippen LogP contribution in [0.2, 0.25) is 0 Å². The van der Waals surface area contributed by atoms with Crippen molar-refractivity contribution in [3.63, 3.8) is 0 Å². The van der Waals surface area contributed by atoms with Crippen molar-refractivity contribution in [2.45, 2.75) is 11.8 Å². The van der Waals surface area contributed by atoms with Crippen molar-refractivity contribution < 1.29 is 14.5 Å².